The summed E-state index contributed by atoms with van der Waals surface area (Å²) in [6.07, 6.45) is 5.99. The Balaban J connectivity index is 1.40. The van der Waals surface area contributed by atoms with Crippen LogP contribution in [-0.2, 0) is 23.4 Å². The van der Waals surface area contributed by atoms with Gasteiger partial charge in [-0.3, -0.25) is 9.78 Å². The van der Waals surface area contributed by atoms with Crippen LogP contribution in [-0.4, -0.2) is 48.8 Å². The topological polar surface area (TPSA) is 84.1 Å². The fourth-order valence-corrected chi connectivity index (χ4v) is 3.79. The number of likely N-dealkylation sites (tertiary alicyclic amines) is 1. The summed E-state index contributed by atoms with van der Waals surface area (Å²) >= 11 is 0. The molecule has 2 aromatic heterocycles. The van der Waals surface area contributed by atoms with Crippen molar-refractivity contribution in [2.24, 2.45) is 5.92 Å². The van der Waals surface area contributed by atoms with E-state index in [1.54, 1.807) is 12.5 Å². The first kappa shape index (κ1) is 16.2. The van der Waals surface area contributed by atoms with Gasteiger partial charge in [-0.1, -0.05) is 6.07 Å². The largest absolute Gasteiger partial charge is 0.383 e. The standard InChI is InChI=1S/C18H23N5O2/c1-13-2-4-15(19-10-13)18(25)6-8-22(9-7-18)17(24)14-3-5-16-20-12-21-23(16)11-14/h2,4,10,12,14,25H,3,5-9,11H2,1H3. The number of carbonyl (C=O) groups excluding carboxylic acids is 1. The number of amides is 1. The zero-order valence-electron chi connectivity index (χ0n) is 14.4. The summed E-state index contributed by atoms with van der Waals surface area (Å²) in [6, 6.07) is 3.86. The molecular formula is C18H23N5O2. The zero-order valence-corrected chi connectivity index (χ0v) is 14.4. The molecule has 0 aromatic carbocycles. The van der Waals surface area contributed by atoms with Crippen LogP contribution in [0.3, 0.4) is 0 Å². The van der Waals surface area contributed by atoms with E-state index in [0.29, 0.717) is 38.2 Å². The molecule has 1 N–H and O–H groups in total. The van der Waals surface area contributed by atoms with E-state index in [0.717, 1.165) is 24.2 Å². The number of piperidine rings is 1. The lowest BCUT2D eigenvalue weighted by Crippen LogP contribution is -2.48. The van der Waals surface area contributed by atoms with E-state index in [-0.39, 0.29) is 11.8 Å². The summed E-state index contributed by atoms with van der Waals surface area (Å²) < 4.78 is 1.84. The molecule has 132 valence electrons. The number of nitrogens with zero attached hydrogens (tertiary/aromatic N) is 5. The summed E-state index contributed by atoms with van der Waals surface area (Å²) in [5.74, 6) is 1.08. The molecule has 0 spiro atoms. The SMILES string of the molecule is Cc1ccc(C2(O)CCN(C(=O)C3CCc4ncnn4C3)CC2)nc1. The molecule has 0 bridgehead atoms. The number of aryl methyl sites for hydroxylation is 2. The predicted octanol–water partition coefficient (Wildman–Crippen LogP) is 1.05. The molecule has 1 unspecified atom stereocenters. The van der Waals surface area contributed by atoms with Crippen molar-refractivity contribution in [2.75, 3.05) is 13.1 Å². The maximum Gasteiger partial charge on any atom is 0.227 e. The lowest BCUT2D eigenvalue weighted by atomic mass is 9.86. The van der Waals surface area contributed by atoms with Gasteiger partial charge in [-0.15, -0.1) is 0 Å². The second-order valence-corrected chi connectivity index (χ2v) is 7.17. The Morgan fingerprint density at radius 1 is 1.28 bits per heavy atom. The van der Waals surface area contributed by atoms with Gasteiger partial charge in [0.15, 0.2) is 0 Å². The molecule has 4 rings (SSSR count). The normalized spacial score (nSPS) is 22.5. The second kappa shape index (κ2) is 6.22. The van der Waals surface area contributed by atoms with Crippen molar-refractivity contribution in [3.63, 3.8) is 0 Å². The Morgan fingerprint density at radius 3 is 2.80 bits per heavy atom. The van der Waals surface area contributed by atoms with Crippen LogP contribution in [0.15, 0.2) is 24.7 Å². The molecule has 4 heterocycles. The van der Waals surface area contributed by atoms with Gasteiger partial charge in [0, 0.05) is 25.7 Å². The molecule has 1 amide bonds. The highest BCUT2D eigenvalue weighted by molar-refractivity contribution is 5.79. The number of hydrogen-bond acceptors (Lipinski definition) is 5. The highest BCUT2D eigenvalue weighted by Crippen LogP contribution is 2.32. The Morgan fingerprint density at radius 2 is 2.08 bits per heavy atom. The Hall–Kier alpha value is -2.28. The van der Waals surface area contributed by atoms with E-state index in [1.807, 2.05) is 28.6 Å². The van der Waals surface area contributed by atoms with E-state index in [1.165, 1.54) is 0 Å². The van der Waals surface area contributed by atoms with Crippen molar-refractivity contribution in [3.05, 3.63) is 41.7 Å². The van der Waals surface area contributed by atoms with E-state index < -0.39 is 5.60 Å². The summed E-state index contributed by atoms with van der Waals surface area (Å²) in [7, 11) is 0. The molecule has 7 nitrogen and oxygen atoms in total. The molecular weight excluding hydrogens is 318 g/mol. The lowest BCUT2D eigenvalue weighted by molar-refractivity contribution is -0.141. The van der Waals surface area contributed by atoms with Crippen molar-refractivity contribution >= 4 is 5.91 Å². The minimum absolute atomic E-state index is 0.0436. The van der Waals surface area contributed by atoms with Crippen molar-refractivity contribution in [3.8, 4) is 0 Å². The van der Waals surface area contributed by atoms with Crippen LogP contribution in [0.1, 0.15) is 36.3 Å². The highest BCUT2D eigenvalue weighted by atomic mass is 16.3. The van der Waals surface area contributed by atoms with Crippen molar-refractivity contribution < 1.29 is 9.90 Å². The molecule has 2 aliphatic rings. The van der Waals surface area contributed by atoms with Crippen LogP contribution in [0, 0.1) is 12.8 Å². The number of fused-ring (bicyclic) bond motifs is 1. The molecule has 2 aliphatic heterocycles. The van der Waals surface area contributed by atoms with Crippen LogP contribution in [0.2, 0.25) is 0 Å². The highest BCUT2D eigenvalue weighted by Gasteiger charge is 2.38. The first-order valence-electron chi connectivity index (χ1n) is 8.86. The Kier molecular flexibility index (Phi) is 4.03. The van der Waals surface area contributed by atoms with E-state index in [9.17, 15) is 9.90 Å². The fraction of sp³-hybridized carbons (Fsp3) is 0.556. The van der Waals surface area contributed by atoms with Crippen molar-refractivity contribution in [2.45, 2.75) is 44.8 Å². The van der Waals surface area contributed by atoms with Crippen LogP contribution in [0.5, 0.6) is 0 Å². The molecule has 0 radical (unpaired) electrons. The van der Waals surface area contributed by atoms with Gasteiger partial charge in [-0.05, 0) is 37.8 Å². The molecule has 2 aromatic rings. The van der Waals surface area contributed by atoms with E-state index in [2.05, 4.69) is 15.1 Å². The molecule has 1 saturated heterocycles. The molecule has 0 aliphatic carbocycles. The smallest absolute Gasteiger partial charge is 0.227 e. The summed E-state index contributed by atoms with van der Waals surface area (Å²) in [4.78, 5) is 23.3. The molecule has 1 fully saturated rings. The monoisotopic (exact) mass is 341 g/mol. The fourth-order valence-electron chi connectivity index (χ4n) is 3.79. The van der Waals surface area contributed by atoms with Crippen molar-refractivity contribution in [1.29, 1.82) is 0 Å². The quantitative estimate of drug-likeness (QED) is 0.883. The lowest BCUT2D eigenvalue weighted by Gasteiger charge is -2.39. The third kappa shape index (κ3) is 3.04. The second-order valence-electron chi connectivity index (χ2n) is 7.17. The average Bonchev–Trinajstić information content (AvgIpc) is 3.10. The molecule has 7 heteroatoms. The van der Waals surface area contributed by atoms with Gasteiger partial charge in [0.1, 0.15) is 17.8 Å². The van der Waals surface area contributed by atoms with Gasteiger partial charge in [0.2, 0.25) is 5.91 Å². The maximum atomic E-state index is 12.8. The zero-order chi connectivity index (χ0) is 17.4. The summed E-state index contributed by atoms with van der Waals surface area (Å²) in [5.41, 5.74) is 0.843. The maximum absolute atomic E-state index is 12.8. The summed E-state index contributed by atoms with van der Waals surface area (Å²) in [5, 5.41) is 15.1. The number of aromatic nitrogens is 4. The molecule has 25 heavy (non-hydrogen) atoms. The van der Waals surface area contributed by atoms with Crippen LogP contribution in [0.25, 0.3) is 0 Å². The van der Waals surface area contributed by atoms with Crippen LogP contribution in [0.4, 0.5) is 0 Å². The minimum atomic E-state index is -0.934. The summed E-state index contributed by atoms with van der Waals surface area (Å²) in [6.45, 7) is 3.71. The van der Waals surface area contributed by atoms with E-state index >= 15 is 0 Å². The van der Waals surface area contributed by atoms with Gasteiger partial charge in [-0.25, -0.2) is 9.67 Å². The van der Waals surface area contributed by atoms with Gasteiger partial charge >= 0.3 is 0 Å². The first-order chi connectivity index (χ1) is 12.0. The van der Waals surface area contributed by atoms with Crippen LogP contribution >= 0.6 is 0 Å². The van der Waals surface area contributed by atoms with Gasteiger partial charge in [0.25, 0.3) is 0 Å². The number of rotatable bonds is 2. The third-order valence-corrected chi connectivity index (χ3v) is 5.45. The number of hydrogen-bond donors (Lipinski definition) is 1. The molecule has 0 saturated carbocycles. The average molecular weight is 341 g/mol. The van der Waals surface area contributed by atoms with Gasteiger partial charge in [-0.2, -0.15) is 5.10 Å². The Labute approximate surface area is 146 Å². The van der Waals surface area contributed by atoms with Crippen molar-refractivity contribution in [1.82, 2.24) is 24.6 Å². The number of carbonyl (C=O) groups is 1. The van der Waals surface area contributed by atoms with E-state index in [4.69, 9.17) is 0 Å². The number of pyridine rings is 1. The van der Waals surface area contributed by atoms with Gasteiger partial charge < -0.3 is 10.0 Å². The minimum Gasteiger partial charge on any atom is -0.383 e. The third-order valence-electron chi connectivity index (χ3n) is 5.45. The Bertz CT molecular complexity index is 762. The first-order valence-corrected chi connectivity index (χ1v) is 8.86. The predicted molar refractivity (Wildman–Crippen MR) is 90.5 cm³/mol. The van der Waals surface area contributed by atoms with Crippen LogP contribution < -0.4 is 0 Å². The van der Waals surface area contributed by atoms with Gasteiger partial charge in [0.05, 0.1) is 18.2 Å². The number of aliphatic hydroxyl groups is 1. The molecule has 1 atom stereocenters.